The van der Waals surface area contributed by atoms with Crippen molar-refractivity contribution in [3.05, 3.63) is 53.7 Å². The van der Waals surface area contributed by atoms with Crippen LogP contribution in [0.5, 0.6) is 0 Å². The molecule has 0 fully saturated rings. The Balaban J connectivity index is 1.88. The molecule has 92 valence electrons. The summed E-state index contributed by atoms with van der Waals surface area (Å²) in [5.74, 6) is 0.988. The fourth-order valence-electron chi connectivity index (χ4n) is 2.43. The van der Waals surface area contributed by atoms with Crippen molar-refractivity contribution in [2.45, 2.75) is 12.8 Å². The molecule has 2 heterocycles. The Morgan fingerprint density at radius 2 is 2.06 bits per heavy atom. The number of para-hydroxylation sites is 1. The van der Waals surface area contributed by atoms with Gasteiger partial charge in [-0.3, -0.25) is 0 Å². The van der Waals surface area contributed by atoms with Crippen LogP contribution in [0.1, 0.15) is 11.1 Å². The molecule has 0 spiro atoms. The Morgan fingerprint density at radius 3 is 2.83 bits per heavy atom. The molecule has 0 radical (unpaired) electrons. The smallest absolute Gasteiger partial charge is 0.132 e. The molecule has 0 bridgehead atoms. The molecule has 0 aliphatic carbocycles. The highest BCUT2D eigenvalue weighted by Crippen LogP contribution is 2.32. The van der Waals surface area contributed by atoms with Crippen LogP contribution in [0.3, 0.4) is 0 Å². The highest BCUT2D eigenvalue weighted by molar-refractivity contribution is 5.67. The summed E-state index contributed by atoms with van der Waals surface area (Å²) < 4.78 is 0. The zero-order valence-corrected chi connectivity index (χ0v) is 10.2. The third kappa shape index (κ3) is 1.97. The monoisotopic (exact) mass is 240 g/mol. The van der Waals surface area contributed by atoms with E-state index >= 15 is 0 Å². The number of hydrogen-bond donors (Lipinski definition) is 1. The molecule has 0 saturated carbocycles. The van der Waals surface area contributed by atoms with Crippen LogP contribution in [-0.2, 0) is 12.8 Å². The molecular weight excluding hydrogens is 224 g/mol. The zero-order chi connectivity index (χ0) is 12.4. The Labute approximate surface area is 107 Å². The van der Waals surface area contributed by atoms with Crippen molar-refractivity contribution in [2.24, 2.45) is 0 Å². The van der Waals surface area contributed by atoms with Crippen LogP contribution in [0.2, 0.25) is 0 Å². The number of anilines is 2. The predicted octanol–water partition coefficient (Wildman–Crippen LogP) is 2.31. The van der Waals surface area contributed by atoms with Crippen LogP contribution in [-0.4, -0.2) is 23.2 Å². The maximum atomic E-state index is 8.89. The van der Waals surface area contributed by atoms with Crippen molar-refractivity contribution in [2.75, 3.05) is 18.1 Å². The van der Waals surface area contributed by atoms with Gasteiger partial charge in [-0.25, -0.2) is 4.98 Å². The maximum Gasteiger partial charge on any atom is 0.132 e. The maximum absolute atomic E-state index is 8.89. The number of rotatable bonds is 3. The molecule has 0 saturated heterocycles. The van der Waals surface area contributed by atoms with Crippen molar-refractivity contribution >= 4 is 11.5 Å². The van der Waals surface area contributed by atoms with Gasteiger partial charge in [0.05, 0.1) is 0 Å². The van der Waals surface area contributed by atoms with Crippen molar-refractivity contribution in [3.63, 3.8) is 0 Å². The fourth-order valence-corrected chi connectivity index (χ4v) is 2.43. The summed E-state index contributed by atoms with van der Waals surface area (Å²) in [4.78, 5) is 6.74. The van der Waals surface area contributed by atoms with Crippen LogP contribution in [0.4, 0.5) is 11.5 Å². The number of aromatic nitrogens is 1. The van der Waals surface area contributed by atoms with Gasteiger partial charge in [0.1, 0.15) is 5.82 Å². The molecule has 1 aromatic carbocycles. The predicted molar refractivity (Wildman–Crippen MR) is 72.2 cm³/mol. The van der Waals surface area contributed by atoms with Gasteiger partial charge < -0.3 is 10.0 Å². The summed E-state index contributed by atoms with van der Waals surface area (Å²) in [6.45, 7) is 1.17. The van der Waals surface area contributed by atoms with Crippen molar-refractivity contribution in [1.29, 1.82) is 0 Å². The van der Waals surface area contributed by atoms with E-state index in [0.29, 0.717) is 6.42 Å². The molecule has 0 atom stereocenters. The lowest BCUT2D eigenvalue weighted by Crippen LogP contribution is -2.14. The first-order valence-corrected chi connectivity index (χ1v) is 6.30. The summed E-state index contributed by atoms with van der Waals surface area (Å²) in [5, 5.41) is 8.89. The highest BCUT2D eigenvalue weighted by atomic mass is 16.2. The lowest BCUT2D eigenvalue weighted by molar-refractivity contribution is 0.299. The summed E-state index contributed by atoms with van der Waals surface area (Å²) >= 11 is 0. The number of hydrogen-bond acceptors (Lipinski definition) is 3. The molecule has 0 amide bonds. The Kier molecular flexibility index (Phi) is 2.99. The molecule has 3 heteroatoms. The van der Waals surface area contributed by atoms with Gasteiger partial charge in [-0.15, -0.1) is 0 Å². The van der Waals surface area contributed by atoms with E-state index in [2.05, 4.69) is 34.1 Å². The molecule has 1 N–H and O–H groups in total. The van der Waals surface area contributed by atoms with Gasteiger partial charge in [-0.1, -0.05) is 24.3 Å². The topological polar surface area (TPSA) is 36.4 Å². The normalized spacial score (nSPS) is 13.7. The van der Waals surface area contributed by atoms with Gasteiger partial charge in [0.2, 0.25) is 0 Å². The minimum Gasteiger partial charge on any atom is -0.396 e. The fraction of sp³-hybridized carbons (Fsp3) is 0.267. The lowest BCUT2D eigenvalue weighted by Gasteiger charge is -2.18. The van der Waals surface area contributed by atoms with Crippen molar-refractivity contribution in [1.82, 2.24) is 4.98 Å². The molecule has 3 rings (SSSR count). The van der Waals surface area contributed by atoms with Crippen molar-refractivity contribution in [3.8, 4) is 0 Å². The average Bonchev–Trinajstić information content (AvgIpc) is 2.84. The van der Waals surface area contributed by atoms with Gasteiger partial charge in [-0.05, 0) is 36.1 Å². The first kappa shape index (κ1) is 11.2. The largest absolute Gasteiger partial charge is 0.396 e. The average molecular weight is 240 g/mol. The zero-order valence-electron chi connectivity index (χ0n) is 10.2. The molecular formula is C15H16N2O. The first-order valence-electron chi connectivity index (χ1n) is 6.30. The molecule has 1 aromatic heterocycles. The van der Waals surface area contributed by atoms with Gasteiger partial charge in [0.25, 0.3) is 0 Å². The van der Waals surface area contributed by atoms with E-state index in [1.807, 2.05) is 18.3 Å². The van der Waals surface area contributed by atoms with E-state index in [-0.39, 0.29) is 6.61 Å². The molecule has 0 unspecified atom stereocenters. The summed E-state index contributed by atoms with van der Waals surface area (Å²) in [6.07, 6.45) is 3.60. The standard InChI is InChI=1S/C15H16N2O/c18-10-8-12-5-6-15(16-11-12)17-9-7-13-3-1-2-4-14(13)17/h1-6,11,18H,7-10H2. The number of aliphatic hydroxyl groups is 1. The van der Waals surface area contributed by atoms with Crippen LogP contribution in [0.25, 0.3) is 0 Å². The first-order chi connectivity index (χ1) is 8.88. The van der Waals surface area contributed by atoms with E-state index in [1.165, 1.54) is 11.3 Å². The SMILES string of the molecule is OCCc1ccc(N2CCc3ccccc32)nc1. The quantitative estimate of drug-likeness (QED) is 0.894. The Hall–Kier alpha value is -1.87. The van der Waals surface area contributed by atoms with E-state index in [4.69, 9.17) is 5.11 Å². The summed E-state index contributed by atoms with van der Waals surface area (Å²) in [6, 6.07) is 12.5. The van der Waals surface area contributed by atoms with E-state index < -0.39 is 0 Å². The lowest BCUT2D eigenvalue weighted by atomic mass is 10.2. The highest BCUT2D eigenvalue weighted by Gasteiger charge is 2.20. The number of pyridine rings is 1. The van der Waals surface area contributed by atoms with Crippen LogP contribution < -0.4 is 4.90 Å². The van der Waals surface area contributed by atoms with Crippen LogP contribution in [0, 0.1) is 0 Å². The summed E-state index contributed by atoms with van der Waals surface area (Å²) in [7, 11) is 0. The van der Waals surface area contributed by atoms with Crippen LogP contribution >= 0.6 is 0 Å². The van der Waals surface area contributed by atoms with E-state index in [9.17, 15) is 0 Å². The van der Waals surface area contributed by atoms with Gasteiger partial charge >= 0.3 is 0 Å². The molecule has 1 aliphatic heterocycles. The third-order valence-corrected chi connectivity index (χ3v) is 3.37. The molecule has 1 aliphatic rings. The van der Waals surface area contributed by atoms with Crippen molar-refractivity contribution < 1.29 is 5.11 Å². The Morgan fingerprint density at radius 1 is 1.17 bits per heavy atom. The number of benzene rings is 1. The second kappa shape index (κ2) is 4.78. The molecule has 3 nitrogen and oxygen atoms in total. The number of aliphatic hydroxyl groups excluding tert-OH is 1. The molecule has 2 aromatic rings. The number of nitrogens with zero attached hydrogens (tertiary/aromatic N) is 2. The van der Waals surface area contributed by atoms with Gasteiger partial charge in [-0.2, -0.15) is 0 Å². The summed E-state index contributed by atoms with van der Waals surface area (Å²) in [5.41, 5.74) is 3.73. The van der Waals surface area contributed by atoms with E-state index in [0.717, 1.165) is 24.3 Å². The Bertz CT molecular complexity index is 536. The number of fused-ring (bicyclic) bond motifs is 1. The molecule has 18 heavy (non-hydrogen) atoms. The third-order valence-electron chi connectivity index (χ3n) is 3.37. The second-order valence-corrected chi connectivity index (χ2v) is 4.53. The van der Waals surface area contributed by atoms with E-state index in [1.54, 1.807) is 0 Å². The minimum absolute atomic E-state index is 0.174. The minimum atomic E-state index is 0.174. The second-order valence-electron chi connectivity index (χ2n) is 4.53. The van der Waals surface area contributed by atoms with Gasteiger partial charge in [0, 0.05) is 25.0 Å². The van der Waals surface area contributed by atoms with Gasteiger partial charge in [0.15, 0.2) is 0 Å². The van der Waals surface area contributed by atoms with Crippen LogP contribution in [0.15, 0.2) is 42.6 Å².